The van der Waals surface area contributed by atoms with Crippen LogP contribution in [0.5, 0.6) is 0 Å². The lowest BCUT2D eigenvalue weighted by Gasteiger charge is -2.35. The lowest BCUT2D eigenvalue weighted by atomic mass is 10.1. The van der Waals surface area contributed by atoms with E-state index in [-0.39, 0.29) is 17.9 Å². The second-order valence-corrected chi connectivity index (χ2v) is 8.23. The topological polar surface area (TPSA) is 61.9 Å². The third-order valence-electron chi connectivity index (χ3n) is 4.38. The molecule has 2 unspecified atom stereocenters. The van der Waals surface area contributed by atoms with Gasteiger partial charge in [0, 0.05) is 23.7 Å². The third-order valence-corrected chi connectivity index (χ3v) is 5.10. The molecule has 0 saturated carbocycles. The van der Waals surface area contributed by atoms with Crippen LogP contribution in [0.2, 0.25) is 0 Å². The van der Waals surface area contributed by atoms with Crippen molar-refractivity contribution in [3.8, 4) is 0 Å². The number of benzene rings is 1. The zero-order chi connectivity index (χ0) is 18.2. The minimum Gasteiger partial charge on any atom is -0.459 e. The first kappa shape index (κ1) is 18.2. The van der Waals surface area contributed by atoms with E-state index in [1.54, 1.807) is 16.7 Å². The van der Waals surface area contributed by atoms with Gasteiger partial charge in [-0.25, -0.2) is 0 Å². The van der Waals surface area contributed by atoms with Gasteiger partial charge in [0.15, 0.2) is 0 Å². The van der Waals surface area contributed by atoms with Crippen LogP contribution >= 0.6 is 11.8 Å². The Morgan fingerprint density at radius 1 is 1.32 bits per heavy atom. The highest BCUT2D eigenvalue weighted by Gasteiger charge is 2.47. The molecule has 2 heterocycles. The Labute approximate surface area is 152 Å². The summed E-state index contributed by atoms with van der Waals surface area (Å²) in [5.74, 6) is -0.253. The molecule has 2 atom stereocenters. The summed E-state index contributed by atoms with van der Waals surface area (Å²) >= 11 is 1.64. The van der Waals surface area contributed by atoms with Crippen LogP contribution in [-0.4, -0.2) is 60.5 Å². The Hall–Kier alpha value is -1.57. The molecule has 0 spiro atoms. The molecule has 6 nitrogen and oxygen atoms in total. The zero-order valence-electron chi connectivity index (χ0n) is 15.1. The van der Waals surface area contributed by atoms with Gasteiger partial charge in [-0.1, -0.05) is 6.07 Å². The van der Waals surface area contributed by atoms with Gasteiger partial charge < -0.3 is 10.1 Å². The molecule has 25 heavy (non-hydrogen) atoms. The number of amides is 1. The van der Waals surface area contributed by atoms with E-state index in [2.05, 4.69) is 5.32 Å². The zero-order valence-corrected chi connectivity index (χ0v) is 15.9. The predicted molar refractivity (Wildman–Crippen MR) is 98.7 cm³/mol. The number of rotatable bonds is 3. The summed E-state index contributed by atoms with van der Waals surface area (Å²) in [6, 6.07) is 7.14. The number of nitrogens with one attached hydrogen (secondary N) is 1. The number of fused-ring (bicyclic) bond motifs is 1. The summed E-state index contributed by atoms with van der Waals surface area (Å²) in [6.45, 7) is 7.02. The summed E-state index contributed by atoms with van der Waals surface area (Å²) < 4.78 is 5.54. The number of ether oxygens (including phenoxy) is 1. The molecular formula is C18H25N3O3S. The maximum Gasteiger partial charge on any atom is 0.325 e. The van der Waals surface area contributed by atoms with E-state index in [9.17, 15) is 9.59 Å². The molecule has 1 amide bonds. The average molecular weight is 363 g/mol. The molecule has 136 valence electrons. The normalized spacial score (nSPS) is 24.3. The number of nitrogens with zero attached hydrogens (tertiary/aromatic N) is 2. The van der Waals surface area contributed by atoms with Crippen molar-refractivity contribution in [2.75, 3.05) is 30.9 Å². The van der Waals surface area contributed by atoms with Gasteiger partial charge in [0.25, 0.3) is 0 Å². The molecule has 0 bridgehead atoms. The van der Waals surface area contributed by atoms with E-state index in [1.165, 1.54) is 0 Å². The van der Waals surface area contributed by atoms with Crippen LogP contribution in [-0.2, 0) is 14.3 Å². The summed E-state index contributed by atoms with van der Waals surface area (Å²) in [5.41, 5.74) is 0.328. The van der Waals surface area contributed by atoms with E-state index in [4.69, 9.17) is 4.74 Å². The molecule has 2 aliphatic heterocycles. The number of carbonyl (C=O) groups excluding carboxylic acids is 2. The van der Waals surface area contributed by atoms with Crippen molar-refractivity contribution in [3.05, 3.63) is 24.3 Å². The molecule has 0 aromatic heterocycles. The third kappa shape index (κ3) is 3.83. The Morgan fingerprint density at radius 3 is 2.76 bits per heavy atom. The summed E-state index contributed by atoms with van der Waals surface area (Å²) in [4.78, 5) is 30.3. The quantitative estimate of drug-likeness (QED) is 0.651. The fourth-order valence-corrected chi connectivity index (χ4v) is 3.68. The minimum absolute atomic E-state index is 0.0269. The van der Waals surface area contributed by atoms with Crippen molar-refractivity contribution in [1.29, 1.82) is 0 Å². The van der Waals surface area contributed by atoms with E-state index in [1.807, 2.05) is 56.2 Å². The van der Waals surface area contributed by atoms with Crippen LogP contribution in [0, 0.1) is 0 Å². The molecule has 3 rings (SSSR count). The largest absolute Gasteiger partial charge is 0.459 e. The maximum absolute atomic E-state index is 12.9. The van der Waals surface area contributed by atoms with Crippen LogP contribution in [0.1, 0.15) is 20.8 Å². The summed E-state index contributed by atoms with van der Waals surface area (Å²) in [7, 11) is 0. The van der Waals surface area contributed by atoms with Gasteiger partial charge in [0.2, 0.25) is 5.91 Å². The number of carbonyl (C=O) groups is 2. The molecule has 0 radical (unpaired) electrons. The number of anilines is 1. The predicted octanol–water partition coefficient (Wildman–Crippen LogP) is 1.70. The van der Waals surface area contributed by atoms with Crippen molar-refractivity contribution >= 4 is 29.3 Å². The van der Waals surface area contributed by atoms with Crippen LogP contribution in [0.25, 0.3) is 0 Å². The van der Waals surface area contributed by atoms with E-state index >= 15 is 0 Å². The Kier molecular flexibility index (Phi) is 5.09. The number of piperazine rings is 1. The molecular weight excluding hydrogens is 338 g/mol. The summed E-state index contributed by atoms with van der Waals surface area (Å²) in [6.07, 6.45) is 2.01. The Balaban J connectivity index is 1.81. The van der Waals surface area contributed by atoms with Crippen molar-refractivity contribution in [2.45, 2.75) is 43.4 Å². The van der Waals surface area contributed by atoms with Gasteiger partial charge in [-0.3, -0.25) is 19.4 Å². The lowest BCUT2D eigenvalue weighted by Crippen LogP contribution is -2.60. The van der Waals surface area contributed by atoms with Crippen LogP contribution < -0.4 is 10.2 Å². The Bertz CT molecular complexity index is 674. The molecule has 2 aliphatic rings. The monoisotopic (exact) mass is 363 g/mol. The first-order valence-electron chi connectivity index (χ1n) is 8.45. The second kappa shape index (κ2) is 6.97. The number of hydrogen-bond acceptors (Lipinski definition) is 6. The molecule has 2 fully saturated rings. The first-order chi connectivity index (χ1) is 11.8. The van der Waals surface area contributed by atoms with Crippen LogP contribution in [0.15, 0.2) is 29.2 Å². The van der Waals surface area contributed by atoms with Crippen molar-refractivity contribution in [2.24, 2.45) is 0 Å². The fourth-order valence-electron chi connectivity index (χ4n) is 3.22. The first-order valence-corrected chi connectivity index (χ1v) is 9.67. The molecule has 1 N–H and O–H groups in total. The van der Waals surface area contributed by atoms with Crippen LogP contribution in [0.4, 0.5) is 5.69 Å². The highest BCUT2D eigenvalue weighted by molar-refractivity contribution is 7.98. The summed E-state index contributed by atoms with van der Waals surface area (Å²) in [5, 5.41) is 3.20. The van der Waals surface area contributed by atoms with E-state index in [0.717, 1.165) is 10.6 Å². The average Bonchev–Trinajstić information content (AvgIpc) is 2.90. The van der Waals surface area contributed by atoms with Gasteiger partial charge in [-0.2, -0.15) is 0 Å². The molecule has 2 saturated heterocycles. The van der Waals surface area contributed by atoms with Gasteiger partial charge >= 0.3 is 5.97 Å². The molecule has 7 heteroatoms. The molecule has 1 aromatic rings. The number of thioether (sulfide) groups is 1. The van der Waals surface area contributed by atoms with Gasteiger partial charge in [0.05, 0.1) is 6.67 Å². The van der Waals surface area contributed by atoms with Gasteiger partial charge in [-0.15, -0.1) is 11.8 Å². The highest BCUT2D eigenvalue weighted by Crippen LogP contribution is 2.29. The SMILES string of the molecule is CSc1cccc(N2CN3C(C(=O)OC(C)(C)C)CNCC3C2=O)c1. The highest BCUT2D eigenvalue weighted by atomic mass is 32.2. The smallest absolute Gasteiger partial charge is 0.325 e. The molecule has 1 aromatic carbocycles. The Morgan fingerprint density at radius 2 is 2.08 bits per heavy atom. The molecule has 0 aliphatic carbocycles. The van der Waals surface area contributed by atoms with Gasteiger partial charge in [0.1, 0.15) is 17.7 Å². The number of hydrogen-bond donors (Lipinski definition) is 1. The minimum atomic E-state index is -0.542. The van der Waals surface area contributed by atoms with Crippen LogP contribution in [0.3, 0.4) is 0 Å². The van der Waals surface area contributed by atoms with Crippen molar-refractivity contribution in [3.63, 3.8) is 0 Å². The number of esters is 1. The fraction of sp³-hybridized carbons (Fsp3) is 0.556. The second-order valence-electron chi connectivity index (χ2n) is 7.35. The maximum atomic E-state index is 12.9. The van der Waals surface area contributed by atoms with Crippen molar-refractivity contribution in [1.82, 2.24) is 10.2 Å². The van der Waals surface area contributed by atoms with E-state index < -0.39 is 11.6 Å². The standard InChI is InChI=1S/C18H25N3O3S/c1-18(2,3)24-17(23)15-10-19-9-14-16(22)20(11-21(14)15)12-6-5-7-13(8-12)25-4/h5-8,14-15,19H,9-11H2,1-4H3. The van der Waals surface area contributed by atoms with Crippen molar-refractivity contribution < 1.29 is 14.3 Å². The van der Waals surface area contributed by atoms with Gasteiger partial charge in [-0.05, 0) is 45.2 Å². The van der Waals surface area contributed by atoms with E-state index in [0.29, 0.717) is 19.8 Å². The lowest BCUT2D eigenvalue weighted by molar-refractivity contribution is -0.162.